The minimum absolute atomic E-state index is 0.0539. The van der Waals surface area contributed by atoms with Crippen molar-refractivity contribution in [3.05, 3.63) is 47.5 Å². The summed E-state index contributed by atoms with van der Waals surface area (Å²) in [4.78, 5) is 41.0. The first kappa shape index (κ1) is 29.4. The van der Waals surface area contributed by atoms with Crippen LogP contribution in [0.5, 0.6) is 0 Å². The Kier molecular flexibility index (Phi) is 11.5. The molecule has 0 aromatic heterocycles. The first-order valence-electron chi connectivity index (χ1n) is 12.1. The van der Waals surface area contributed by atoms with E-state index >= 15 is 0 Å². The summed E-state index contributed by atoms with van der Waals surface area (Å²) in [5.74, 6) is -0.929. The number of hydrogen-bond acceptors (Lipinski definition) is 5. The average molecular weight is 474 g/mol. The molecule has 0 fully saturated rings. The molecule has 0 radical (unpaired) electrons. The van der Waals surface area contributed by atoms with Gasteiger partial charge >= 0.3 is 5.97 Å². The van der Waals surface area contributed by atoms with E-state index in [0.29, 0.717) is 18.6 Å². The Morgan fingerprint density at radius 3 is 2.09 bits per heavy atom. The lowest BCUT2D eigenvalue weighted by molar-refractivity contribution is -0.140. The zero-order valence-electron chi connectivity index (χ0n) is 22.3. The third kappa shape index (κ3) is 6.92. The molecule has 1 aromatic rings. The van der Waals surface area contributed by atoms with Crippen LogP contribution < -0.4 is 10.6 Å². The van der Waals surface area contributed by atoms with Crippen LogP contribution in [0.4, 0.5) is 0 Å². The van der Waals surface area contributed by atoms with Gasteiger partial charge in [-0.3, -0.25) is 9.59 Å². The Morgan fingerprint density at radius 1 is 1.06 bits per heavy atom. The van der Waals surface area contributed by atoms with Crippen molar-refractivity contribution in [2.45, 2.75) is 72.5 Å². The van der Waals surface area contributed by atoms with Crippen LogP contribution in [-0.4, -0.2) is 55.5 Å². The minimum atomic E-state index is -0.953. The van der Waals surface area contributed by atoms with E-state index in [2.05, 4.69) is 10.6 Å². The molecule has 190 valence electrons. The molecule has 2 N–H and O–H groups in total. The second-order valence-corrected chi connectivity index (χ2v) is 9.32. The molecule has 0 spiro atoms. The van der Waals surface area contributed by atoms with Crippen molar-refractivity contribution in [3.63, 3.8) is 0 Å². The van der Waals surface area contributed by atoms with E-state index in [1.165, 1.54) is 0 Å². The third-order valence-electron chi connectivity index (χ3n) is 6.33. The normalized spacial score (nSPS) is 15.4. The van der Waals surface area contributed by atoms with Crippen LogP contribution in [0.25, 0.3) is 0 Å². The molecule has 0 heterocycles. The molecule has 0 aliphatic heterocycles. The van der Waals surface area contributed by atoms with Gasteiger partial charge in [0.1, 0.15) is 11.6 Å². The van der Waals surface area contributed by atoms with E-state index in [1.807, 2.05) is 65.0 Å². The van der Waals surface area contributed by atoms with Crippen molar-refractivity contribution in [1.82, 2.24) is 15.5 Å². The molecule has 0 bridgehead atoms. The zero-order chi connectivity index (χ0) is 26.1. The average Bonchev–Trinajstić information content (AvgIpc) is 2.81. The summed E-state index contributed by atoms with van der Waals surface area (Å²) in [6, 6.07) is 8.47. The quantitative estimate of drug-likeness (QED) is 0.357. The molecular formula is C27H43N3O4. The maximum Gasteiger partial charge on any atom is 0.333 e. The monoisotopic (exact) mass is 473 g/mol. The Hall–Kier alpha value is -2.67. The van der Waals surface area contributed by atoms with E-state index in [1.54, 1.807) is 38.9 Å². The van der Waals surface area contributed by atoms with Crippen LogP contribution in [0.2, 0.25) is 0 Å². The highest BCUT2D eigenvalue weighted by molar-refractivity contribution is 5.93. The number of hydrogen-bond donors (Lipinski definition) is 2. The second-order valence-electron chi connectivity index (χ2n) is 9.32. The fourth-order valence-corrected chi connectivity index (χ4v) is 4.12. The predicted octanol–water partition coefficient (Wildman–Crippen LogP) is 3.64. The van der Waals surface area contributed by atoms with E-state index in [-0.39, 0.29) is 29.7 Å². The van der Waals surface area contributed by atoms with Crippen LogP contribution in [0.15, 0.2) is 42.0 Å². The summed E-state index contributed by atoms with van der Waals surface area (Å²) < 4.78 is 5.09. The number of carbonyl (C=O) groups is 3. The summed E-state index contributed by atoms with van der Waals surface area (Å²) in [5.41, 5.74) is 0.342. The number of nitrogens with one attached hydrogen (secondary N) is 2. The summed E-state index contributed by atoms with van der Waals surface area (Å²) in [5, 5.41) is 6.21. The van der Waals surface area contributed by atoms with Gasteiger partial charge < -0.3 is 20.3 Å². The Balaban J connectivity index is 3.25. The van der Waals surface area contributed by atoms with E-state index in [9.17, 15) is 14.4 Å². The van der Waals surface area contributed by atoms with Gasteiger partial charge in [-0.15, -0.1) is 0 Å². The van der Waals surface area contributed by atoms with E-state index < -0.39 is 17.6 Å². The van der Waals surface area contributed by atoms with Crippen molar-refractivity contribution < 1.29 is 19.1 Å². The molecule has 2 amide bonds. The number of esters is 1. The summed E-state index contributed by atoms with van der Waals surface area (Å²) >= 11 is 0. The van der Waals surface area contributed by atoms with Crippen LogP contribution in [0.1, 0.15) is 60.5 Å². The number of amides is 2. The summed E-state index contributed by atoms with van der Waals surface area (Å²) in [7, 11) is 3.47. The largest absolute Gasteiger partial charge is 0.463 e. The van der Waals surface area contributed by atoms with E-state index in [0.717, 1.165) is 5.56 Å². The van der Waals surface area contributed by atoms with Crippen LogP contribution in [-0.2, 0) is 24.7 Å². The van der Waals surface area contributed by atoms with Crippen molar-refractivity contribution >= 4 is 17.8 Å². The molecule has 1 aromatic carbocycles. The predicted molar refractivity (Wildman–Crippen MR) is 136 cm³/mol. The number of ether oxygens (including phenoxy) is 1. The highest BCUT2D eigenvalue weighted by atomic mass is 16.5. The number of likely N-dealkylation sites (N-methyl/N-ethyl adjacent to an activating group) is 2. The lowest BCUT2D eigenvalue weighted by Crippen LogP contribution is -2.60. The van der Waals surface area contributed by atoms with Crippen molar-refractivity contribution in [1.29, 1.82) is 0 Å². The topological polar surface area (TPSA) is 87.7 Å². The molecule has 3 atom stereocenters. The molecule has 1 rings (SSSR count). The molecule has 7 heteroatoms. The Labute approximate surface area is 205 Å². The van der Waals surface area contributed by atoms with Gasteiger partial charge in [-0.1, -0.05) is 71.0 Å². The first-order chi connectivity index (χ1) is 16.0. The van der Waals surface area contributed by atoms with Crippen LogP contribution in [0, 0.1) is 11.8 Å². The third-order valence-corrected chi connectivity index (χ3v) is 6.33. The van der Waals surface area contributed by atoms with Gasteiger partial charge in [0.25, 0.3) is 0 Å². The van der Waals surface area contributed by atoms with Crippen molar-refractivity contribution in [3.8, 4) is 0 Å². The van der Waals surface area contributed by atoms with Gasteiger partial charge in [0, 0.05) is 12.6 Å². The fraction of sp³-hybridized carbons (Fsp3) is 0.593. The number of carbonyl (C=O) groups excluding carboxylic acids is 3. The van der Waals surface area contributed by atoms with Gasteiger partial charge in [-0.2, -0.15) is 0 Å². The molecular weight excluding hydrogens is 430 g/mol. The van der Waals surface area contributed by atoms with Gasteiger partial charge in [0.2, 0.25) is 11.8 Å². The molecule has 1 unspecified atom stereocenters. The van der Waals surface area contributed by atoms with Crippen molar-refractivity contribution in [2.75, 3.05) is 20.7 Å². The van der Waals surface area contributed by atoms with Crippen molar-refractivity contribution in [2.24, 2.45) is 11.8 Å². The van der Waals surface area contributed by atoms with E-state index in [4.69, 9.17) is 4.74 Å². The minimum Gasteiger partial charge on any atom is -0.463 e. The molecule has 34 heavy (non-hydrogen) atoms. The molecule has 0 saturated carbocycles. The Bertz CT molecular complexity index is 845. The van der Waals surface area contributed by atoms with Gasteiger partial charge in [-0.05, 0) is 44.7 Å². The molecule has 7 nitrogen and oxygen atoms in total. The number of nitrogens with zero attached hydrogens (tertiary/aromatic N) is 1. The maximum atomic E-state index is 13.6. The maximum absolute atomic E-state index is 13.6. The molecule has 0 aliphatic carbocycles. The SMILES string of the molecule is CCOC(=O)C(C)=C[C@H](C(C)C)N(C)C(=O)[C@@H](NC(=O)C(CC)(NC)c1ccccc1)C(C)C. The van der Waals surface area contributed by atoms with Gasteiger partial charge in [-0.25, -0.2) is 4.79 Å². The number of rotatable bonds is 12. The van der Waals surface area contributed by atoms with Crippen LogP contribution >= 0.6 is 0 Å². The highest BCUT2D eigenvalue weighted by Crippen LogP contribution is 2.26. The smallest absolute Gasteiger partial charge is 0.333 e. The second kappa shape index (κ2) is 13.3. The standard InChI is InChI=1S/C27H43N3O4/c1-10-27(28-8,21-15-13-12-14-16-21)26(33)29-23(19(5)6)24(31)30(9)22(18(3)4)17-20(7)25(32)34-11-2/h12-19,22-23,28H,10-11H2,1-9H3,(H,29,33)/t22-,23+,27?/m1/s1. The fourth-order valence-electron chi connectivity index (χ4n) is 4.12. The highest BCUT2D eigenvalue weighted by Gasteiger charge is 2.40. The zero-order valence-corrected chi connectivity index (χ0v) is 22.3. The summed E-state index contributed by atoms with van der Waals surface area (Å²) in [6.45, 7) is 13.5. The molecule has 0 aliphatic rings. The molecule has 0 saturated heterocycles. The van der Waals surface area contributed by atoms with Gasteiger partial charge in [0.15, 0.2) is 0 Å². The number of benzene rings is 1. The van der Waals surface area contributed by atoms with Gasteiger partial charge in [0.05, 0.1) is 12.6 Å². The Morgan fingerprint density at radius 2 is 1.65 bits per heavy atom. The van der Waals surface area contributed by atoms with Crippen LogP contribution in [0.3, 0.4) is 0 Å². The lowest BCUT2D eigenvalue weighted by Gasteiger charge is -2.37. The summed E-state index contributed by atoms with van der Waals surface area (Å²) in [6.07, 6.45) is 2.29. The first-order valence-corrected chi connectivity index (χ1v) is 12.1. The lowest BCUT2D eigenvalue weighted by atomic mass is 9.85.